The van der Waals surface area contributed by atoms with Crippen LogP contribution in [-0.4, -0.2) is 44.2 Å². The van der Waals surface area contributed by atoms with E-state index < -0.39 is 32.2 Å². The van der Waals surface area contributed by atoms with Crippen LogP contribution in [0.3, 0.4) is 0 Å². The lowest BCUT2D eigenvalue weighted by Gasteiger charge is -2.25. The third-order valence-corrected chi connectivity index (χ3v) is 9.80. The summed E-state index contributed by atoms with van der Waals surface area (Å²) in [5.41, 5.74) is -0.395. The van der Waals surface area contributed by atoms with Crippen molar-refractivity contribution in [2.75, 3.05) is 19.8 Å². The number of amides is 1. The van der Waals surface area contributed by atoms with E-state index in [1.807, 2.05) is 11.5 Å². The Kier molecular flexibility index (Phi) is 9.60. The van der Waals surface area contributed by atoms with Crippen molar-refractivity contribution in [1.29, 1.82) is 0 Å². The number of alkyl halides is 3. The second-order valence-corrected chi connectivity index (χ2v) is 14.1. The molecule has 1 aliphatic heterocycles. The van der Waals surface area contributed by atoms with Crippen molar-refractivity contribution in [3.8, 4) is 11.3 Å². The first-order valence-electron chi connectivity index (χ1n) is 14.5. The summed E-state index contributed by atoms with van der Waals surface area (Å²) in [6.07, 6.45) is 2.24. The van der Waals surface area contributed by atoms with Gasteiger partial charge in [0.2, 0.25) is 10.0 Å². The van der Waals surface area contributed by atoms with Gasteiger partial charge in [-0.25, -0.2) is 13.1 Å². The predicted molar refractivity (Wildman–Crippen MR) is 152 cm³/mol. The molecule has 2 N–H and O–H groups in total. The minimum atomic E-state index is -4.91. The molecule has 0 radical (unpaired) electrons. The Morgan fingerprint density at radius 2 is 1.66 bits per heavy atom. The maximum absolute atomic E-state index is 14.3. The Bertz CT molecular complexity index is 1330. The highest BCUT2D eigenvalue weighted by Gasteiger charge is 2.39. The largest absolute Gasteiger partial charge is 0.417 e. The normalized spacial score (nSPS) is 18.0. The van der Waals surface area contributed by atoms with Gasteiger partial charge in [0.1, 0.15) is 0 Å². The van der Waals surface area contributed by atoms with E-state index in [2.05, 4.69) is 10.0 Å². The van der Waals surface area contributed by atoms with E-state index in [1.165, 1.54) is 12.5 Å². The first kappa shape index (κ1) is 31.6. The minimum Gasteiger partial charge on any atom is -0.381 e. The molecule has 4 rings (SSSR count). The molecule has 1 saturated carbocycles. The van der Waals surface area contributed by atoms with Crippen molar-refractivity contribution in [2.45, 2.75) is 95.8 Å². The third-order valence-electron chi connectivity index (χ3n) is 7.98. The Morgan fingerprint density at radius 3 is 2.27 bits per heavy atom. The van der Waals surface area contributed by atoms with Gasteiger partial charge in [-0.2, -0.15) is 13.2 Å². The summed E-state index contributed by atoms with van der Waals surface area (Å²) in [5, 5.41) is 3.02. The van der Waals surface area contributed by atoms with Gasteiger partial charge in [-0.05, 0) is 89.0 Å². The molecule has 1 amide bonds. The van der Waals surface area contributed by atoms with Crippen molar-refractivity contribution < 1.29 is 31.1 Å². The molecule has 0 atom stereocenters. The van der Waals surface area contributed by atoms with Gasteiger partial charge >= 0.3 is 6.18 Å². The SMILES string of the molecule is Cc1c(C(=O)NCC2CCOCC2)cc(-c2ccc(S(=O)(=O)NC(C)(C)C)c(C(F)(F)F)c2)n1CC1CCCCC1. The Balaban J connectivity index is 1.74. The molecule has 2 aliphatic rings. The van der Waals surface area contributed by atoms with Gasteiger partial charge in [0.05, 0.1) is 16.0 Å². The van der Waals surface area contributed by atoms with Crippen LogP contribution in [0, 0.1) is 18.8 Å². The van der Waals surface area contributed by atoms with Crippen LogP contribution in [0.1, 0.15) is 87.3 Å². The van der Waals surface area contributed by atoms with Crippen LogP contribution >= 0.6 is 0 Å². The smallest absolute Gasteiger partial charge is 0.381 e. The number of hydrogen-bond donors (Lipinski definition) is 2. The van der Waals surface area contributed by atoms with Crippen LogP contribution in [0.5, 0.6) is 0 Å². The average molecular weight is 598 g/mol. The highest BCUT2D eigenvalue weighted by Crippen LogP contribution is 2.39. The highest BCUT2D eigenvalue weighted by molar-refractivity contribution is 7.89. The van der Waals surface area contributed by atoms with Crippen LogP contribution in [0.4, 0.5) is 13.2 Å². The molecule has 7 nitrogen and oxygen atoms in total. The molecule has 2 fully saturated rings. The van der Waals surface area contributed by atoms with E-state index in [9.17, 15) is 26.4 Å². The zero-order valence-corrected chi connectivity index (χ0v) is 25.2. The molecule has 1 aromatic carbocycles. The Morgan fingerprint density at radius 1 is 1.00 bits per heavy atom. The molecule has 1 saturated heterocycles. The van der Waals surface area contributed by atoms with Crippen molar-refractivity contribution in [1.82, 2.24) is 14.6 Å². The number of rotatable bonds is 8. The van der Waals surface area contributed by atoms with Crippen LogP contribution in [-0.2, 0) is 27.5 Å². The quantitative estimate of drug-likeness (QED) is 0.374. The molecule has 1 aliphatic carbocycles. The zero-order chi connectivity index (χ0) is 30.0. The van der Waals surface area contributed by atoms with Gasteiger partial charge in [-0.1, -0.05) is 25.3 Å². The van der Waals surface area contributed by atoms with Crippen molar-refractivity contribution >= 4 is 15.9 Å². The van der Waals surface area contributed by atoms with Gasteiger partial charge in [-0.15, -0.1) is 0 Å². The molecule has 2 heterocycles. The summed E-state index contributed by atoms with van der Waals surface area (Å²) < 4.78 is 78.5. The number of ether oxygens (including phenoxy) is 1. The number of hydrogen-bond acceptors (Lipinski definition) is 4. The molecule has 228 valence electrons. The first-order chi connectivity index (χ1) is 19.2. The highest BCUT2D eigenvalue weighted by atomic mass is 32.2. The molecule has 0 unspecified atom stereocenters. The van der Waals surface area contributed by atoms with Gasteiger partial charge in [0.25, 0.3) is 5.91 Å². The fraction of sp³-hybridized carbons (Fsp3) is 0.633. The molecule has 0 spiro atoms. The van der Waals surface area contributed by atoms with Crippen LogP contribution < -0.4 is 10.0 Å². The van der Waals surface area contributed by atoms with E-state index in [-0.39, 0.29) is 11.5 Å². The molecule has 0 bridgehead atoms. The van der Waals surface area contributed by atoms with E-state index in [0.717, 1.165) is 50.7 Å². The summed E-state index contributed by atoms with van der Waals surface area (Å²) in [6, 6.07) is 4.97. The molecule has 11 heteroatoms. The number of nitrogens with zero attached hydrogens (tertiary/aromatic N) is 1. The number of benzene rings is 1. The maximum Gasteiger partial charge on any atom is 0.417 e. The predicted octanol–water partition coefficient (Wildman–Crippen LogP) is 6.30. The lowest BCUT2D eigenvalue weighted by atomic mass is 9.89. The monoisotopic (exact) mass is 597 g/mol. The van der Waals surface area contributed by atoms with Gasteiger partial charge < -0.3 is 14.6 Å². The van der Waals surface area contributed by atoms with Crippen molar-refractivity contribution in [3.05, 3.63) is 41.1 Å². The Hall–Kier alpha value is -2.37. The van der Waals surface area contributed by atoms with Crippen molar-refractivity contribution in [3.63, 3.8) is 0 Å². The number of halogens is 3. The molecule has 1 aromatic heterocycles. The van der Waals surface area contributed by atoms with Crippen LogP contribution in [0.15, 0.2) is 29.2 Å². The molecular formula is C30H42F3N3O4S. The summed E-state index contributed by atoms with van der Waals surface area (Å²) in [6.45, 7) is 8.97. The van der Waals surface area contributed by atoms with Gasteiger partial charge in [-0.3, -0.25) is 4.79 Å². The number of carbonyl (C=O) groups is 1. The first-order valence-corrected chi connectivity index (χ1v) is 16.0. The van der Waals surface area contributed by atoms with E-state index in [0.29, 0.717) is 55.1 Å². The van der Waals surface area contributed by atoms with Gasteiger partial charge in [0, 0.05) is 43.2 Å². The number of sulfonamides is 1. The fourth-order valence-corrected chi connectivity index (χ4v) is 7.49. The van der Waals surface area contributed by atoms with E-state index >= 15 is 0 Å². The second kappa shape index (κ2) is 12.5. The lowest BCUT2D eigenvalue weighted by Crippen LogP contribution is -2.41. The van der Waals surface area contributed by atoms with Crippen molar-refractivity contribution in [2.24, 2.45) is 11.8 Å². The lowest BCUT2D eigenvalue weighted by molar-refractivity contribution is -0.139. The summed E-state index contributed by atoms with van der Waals surface area (Å²) in [4.78, 5) is 12.5. The van der Waals surface area contributed by atoms with E-state index in [4.69, 9.17) is 4.74 Å². The summed E-state index contributed by atoms with van der Waals surface area (Å²) >= 11 is 0. The maximum atomic E-state index is 14.3. The summed E-state index contributed by atoms with van der Waals surface area (Å²) in [5.74, 6) is 0.411. The molecule has 41 heavy (non-hydrogen) atoms. The van der Waals surface area contributed by atoms with Gasteiger partial charge in [0.15, 0.2) is 0 Å². The van der Waals surface area contributed by atoms with Crippen LogP contribution in [0.25, 0.3) is 11.3 Å². The van der Waals surface area contributed by atoms with E-state index in [1.54, 1.807) is 26.8 Å². The second-order valence-electron chi connectivity index (χ2n) is 12.5. The standard InChI is InChI=1S/C30H42F3N3O4S/c1-20-24(28(37)34-18-21-12-14-40-15-13-21)17-26(36(20)19-22-8-6-5-7-9-22)23-10-11-27(25(16-23)30(31,32)33)41(38,39)35-29(2,3)4/h10-11,16-17,21-22,35H,5-9,12-15,18-19H2,1-4H3,(H,34,37). The molecular weight excluding hydrogens is 555 g/mol. The van der Waals surface area contributed by atoms with Crippen LogP contribution in [0.2, 0.25) is 0 Å². The third kappa shape index (κ3) is 7.93. The number of nitrogens with one attached hydrogen (secondary N) is 2. The Labute approximate surface area is 241 Å². The summed E-state index contributed by atoms with van der Waals surface area (Å²) in [7, 11) is -4.45. The average Bonchev–Trinajstić information content (AvgIpc) is 3.22. The fourth-order valence-electron chi connectivity index (χ4n) is 5.86. The number of aromatic nitrogens is 1. The topological polar surface area (TPSA) is 89.4 Å². The number of carbonyl (C=O) groups excluding carboxylic acids is 1. The zero-order valence-electron chi connectivity index (χ0n) is 24.4. The molecule has 2 aromatic rings. The minimum absolute atomic E-state index is 0.217.